The van der Waals surface area contributed by atoms with Crippen molar-refractivity contribution in [1.82, 2.24) is 18.9 Å². The maximum absolute atomic E-state index is 12.7. The lowest BCUT2D eigenvalue weighted by Crippen LogP contribution is -2.22. The van der Waals surface area contributed by atoms with E-state index in [1.54, 1.807) is 32.0 Å². The molecule has 8 heteroatoms. The molecule has 0 saturated heterocycles. The van der Waals surface area contributed by atoms with E-state index in [2.05, 4.69) is 0 Å². The van der Waals surface area contributed by atoms with Gasteiger partial charge >= 0.3 is 5.69 Å². The number of ether oxygens (including phenoxy) is 1. The third-order valence-corrected chi connectivity index (χ3v) is 5.51. The summed E-state index contributed by atoms with van der Waals surface area (Å²) >= 11 is 0. The highest BCUT2D eigenvalue weighted by Gasteiger charge is 2.16. The van der Waals surface area contributed by atoms with Crippen LogP contribution in [-0.4, -0.2) is 42.8 Å². The third kappa shape index (κ3) is 3.48. The first-order valence-corrected chi connectivity index (χ1v) is 10.3. The van der Waals surface area contributed by atoms with E-state index in [0.717, 1.165) is 33.5 Å². The molecular formula is C23H26N4O4. The van der Waals surface area contributed by atoms with Crippen LogP contribution in [0, 0.1) is 0 Å². The van der Waals surface area contributed by atoms with Gasteiger partial charge < -0.3 is 14.9 Å². The number of phenolic OH excluding ortho intramolecular Hbond substituents is 1. The van der Waals surface area contributed by atoms with E-state index in [1.807, 2.05) is 38.1 Å². The van der Waals surface area contributed by atoms with Crippen LogP contribution in [0.4, 0.5) is 0 Å². The fourth-order valence-corrected chi connectivity index (χ4v) is 3.98. The summed E-state index contributed by atoms with van der Waals surface area (Å²) in [5.41, 5.74) is 4.97. The Labute approximate surface area is 179 Å². The molecule has 0 fully saturated rings. The molecule has 0 saturated carbocycles. The highest BCUT2D eigenvalue weighted by molar-refractivity contribution is 5.83. The summed E-state index contributed by atoms with van der Waals surface area (Å²) in [6.45, 7) is 5.38. The maximum Gasteiger partial charge on any atom is 0.329 e. The first-order chi connectivity index (χ1) is 15.0. The summed E-state index contributed by atoms with van der Waals surface area (Å²) in [6.07, 6.45) is 0. The van der Waals surface area contributed by atoms with E-state index in [0.29, 0.717) is 25.4 Å². The number of aliphatic hydroxyl groups excluding tert-OH is 1. The van der Waals surface area contributed by atoms with Crippen molar-refractivity contribution in [3.05, 3.63) is 52.9 Å². The van der Waals surface area contributed by atoms with Crippen LogP contribution < -0.4 is 10.4 Å². The summed E-state index contributed by atoms with van der Waals surface area (Å²) < 4.78 is 10.5. The molecule has 2 N–H and O–H groups in total. The van der Waals surface area contributed by atoms with Crippen LogP contribution in [0.5, 0.6) is 11.5 Å². The Hall–Kier alpha value is -3.52. The monoisotopic (exact) mass is 422 g/mol. The fourth-order valence-electron chi connectivity index (χ4n) is 3.98. The summed E-state index contributed by atoms with van der Waals surface area (Å²) in [5.74, 6) is 0.424. The van der Waals surface area contributed by atoms with Gasteiger partial charge in [-0.15, -0.1) is 0 Å². The molecule has 0 bridgehead atoms. The molecule has 0 aliphatic heterocycles. The second-order valence-electron chi connectivity index (χ2n) is 7.22. The summed E-state index contributed by atoms with van der Waals surface area (Å²) in [7, 11) is 1.50. The number of aliphatic hydroxyl groups is 1. The third-order valence-electron chi connectivity index (χ3n) is 5.51. The zero-order valence-electron chi connectivity index (χ0n) is 17.9. The molecule has 162 valence electrons. The van der Waals surface area contributed by atoms with E-state index in [-0.39, 0.29) is 18.0 Å². The number of fused-ring (bicyclic) bond motifs is 1. The van der Waals surface area contributed by atoms with Gasteiger partial charge in [0.15, 0.2) is 11.5 Å². The van der Waals surface area contributed by atoms with Crippen molar-refractivity contribution in [3.8, 4) is 34.0 Å². The minimum absolute atomic E-state index is 0.0140. The highest BCUT2D eigenvalue weighted by atomic mass is 16.5. The van der Waals surface area contributed by atoms with Gasteiger partial charge in [-0.3, -0.25) is 13.8 Å². The second-order valence-corrected chi connectivity index (χ2v) is 7.22. The summed E-state index contributed by atoms with van der Waals surface area (Å²) in [5, 5.41) is 24.1. The molecule has 2 aromatic heterocycles. The van der Waals surface area contributed by atoms with E-state index < -0.39 is 0 Å². The number of hydrogen-bond donors (Lipinski definition) is 2. The summed E-state index contributed by atoms with van der Waals surface area (Å²) in [6, 6.07) is 12.9. The summed E-state index contributed by atoms with van der Waals surface area (Å²) in [4.78, 5) is 12.7. The van der Waals surface area contributed by atoms with Crippen molar-refractivity contribution in [2.24, 2.45) is 0 Å². The Kier molecular flexibility index (Phi) is 5.56. The first-order valence-electron chi connectivity index (χ1n) is 10.3. The van der Waals surface area contributed by atoms with Crippen molar-refractivity contribution in [2.75, 3.05) is 13.7 Å². The number of hydrogen-bond acceptors (Lipinski definition) is 5. The van der Waals surface area contributed by atoms with Gasteiger partial charge in [0, 0.05) is 24.2 Å². The number of phenols is 1. The van der Waals surface area contributed by atoms with Crippen LogP contribution in [-0.2, 0) is 19.6 Å². The van der Waals surface area contributed by atoms with Gasteiger partial charge in [-0.1, -0.05) is 6.07 Å². The molecule has 2 heterocycles. The molecule has 0 atom stereocenters. The molecule has 0 radical (unpaired) electrons. The predicted octanol–water partition coefficient (Wildman–Crippen LogP) is 3.08. The molecule has 4 rings (SSSR count). The van der Waals surface area contributed by atoms with Gasteiger partial charge in [0.1, 0.15) is 0 Å². The quantitative estimate of drug-likeness (QED) is 0.477. The number of nitrogens with zero attached hydrogens (tertiary/aromatic N) is 4. The molecule has 2 aromatic carbocycles. The Morgan fingerprint density at radius 1 is 0.968 bits per heavy atom. The Morgan fingerprint density at radius 2 is 1.68 bits per heavy atom. The SMILES string of the molecule is CCn1c(=O)n(CC)c2cc(-c3cc(-c4ccc(O)c(OC)c4)n(CCO)n3)ccc21. The molecule has 0 aliphatic rings. The number of aromatic hydroxyl groups is 1. The average molecular weight is 422 g/mol. The molecule has 31 heavy (non-hydrogen) atoms. The first kappa shape index (κ1) is 20.7. The highest BCUT2D eigenvalue weighted by Crippen LogP contribution is 2.33. The predicted molar refractivity (Wildman–Crippen MR) is 120 cm³/mol. The molecule has 0 spiro atoms. The van der Waals surface area contributed by atoms with Gasteiger partial charge in [-0.05, 0) is 50.2 Å². The molecule has 8 nitrogen and oxygen atoms in total. The van der Waals surface area contributed by atoms with Crippen LogP contribution in [0.1, 0.15) is 13.8 Å². The van der Waals surface area contributed by atoms with Gasteiger partial charge in [-0.2, -0.15) is 5.10 Å². The Morgan fingerprint density at radius 3 is 2.35 bits per heavy atom. The zero-order chi connectivity index (χ0) is 22.1. The molecule has 4 aromatic rings. The van der Waals surface area contributed by atoms with Crippen LogP contribution in [0.15, 0.2) is 47.3 Å². The molecule has 0 amide bonds. The maximum atomic E-state index is 12.7. The van der Waals surface area contributed by atoms with Gasteiger partial charge in [0.2, 0.25) is 0 Å². The van der Waals surface area contributed by atoms with Gasteiger partial charge in [-0.25, -0.2) is 4.79 Å². The second kappa shape index (κ2) is 8.31. The molecular weight excluding hydrogens is 396 g/mol. The zero-order valence-corrected chi connectivity index (χ0v) is 17.9. The van der Waals surface area contributed by atoms with Gasteiger partial charge in [0.25, 0.3) is 0 Å². The van der Waals surface area contributed by atoms with E-state index in [4.69, 9.17) is 9.84 Å². The number of methoxy groups -OCH3 is 1. The van der Waals surface area contributed by atoms with Crippen LogP contribution in [0.2, 0.25) is 0 Å². The normalized spacial score (nSPS) is 11.4. The minimum Gasteiger partial charge on any atom is -0.504 e. The number of imidazole rings is 1. The lowest BCUT2D eigenvalue weighted by Gasteiger charge is -2.08. The van der Waals surface area contributed by atoms with Crippen molar-refractivity contribution in [2.45, 2.75) is 33.5 Å². The number of rotatable bonds is 7. The number of benzene rings is 2. The average Bonchev–Trinajstić information content (AvgIpc) is 3.31. The fraction of sp³-hybridized carbons (Fsp3) is 0.304. The molecule has 0 unspecified atom stereocenters. The van der Waals surface area contributed by atoms with Crippen LogP contribution in [0.25, 0.3) is 33.5 Å². The van der Waals surface area contributed by atoms with Crippen LogP contribution in [0.3, 0.4) is 0 Å². The topological polar surface area (TPSA) is 94.4 Å². The van der Waals surface area contributed by atoms with E-state index >= 15 is 0 Å². The largest absolute Gasteiger partial charge is 0.504 e. The lowest BCUT2D eigenvalue weighted by atomic mass is 10.1. The van der Waals surface area contributed by atoms with E-state index in [1.165, 1.54) is 7.11 Å². The van der Waals surface area contributed by atoms with E-state index in [9.17, 15) is 15.0 Å². The van der Waals surface area contributed by atoms with Gasteiger partial charge in [0.05, 0.1) is 42.7 Å². The van der Waals surface area contributed by atoms with Crippen LogP contribution >= 0.6 is 0 Å². The van der Waals surface area contributed by atoms with Crippen molar-refractivity contribution >= 4 is 11.0 Å². The molecule has 0 aliphatic carbocycles. The Bertz CT molecular complexity index is 1300. The smallest absolute Gasteiger partial charge is 0.329 e. The minimum atomic E-state index is -0.0584. The van der Waals surface area contributed by atoms with Crippen molar-refractivity contribution < 1.29 is 14.9 Å². The van der Waals surface area contributed by atoms with Crippen molar-refractivity contribution in [1.29, 1.82) is 0 Å². The van der Waals surface area contributed by atoms with Crippen molar-refractivity contribution in [3.63, 3.8) is 0 Å². The number of aromatic nitrogens is 4. The lowest BCUT2D eigenvalue weighted by molar-refractivity contribution is 0.270. The Balaban J connectivity index is 1.86. The number of aryl methyl sites for hydroxylation is 2. The standard InChI is InChI=1S/C23H26N4O4/c1-4-25-18-8-6-15(12-20(18)26(5-2)23(25)30)17-14-19(27(24-17)10-11-28)16-7-9-21(29)22(13-16)31-3/h6-9,12-14,28-29H,4-5,10-11H2,1-3H3.